The number of anilines is 1. The Hall–Kier alpha value is -2.04. The third-order valence-electron chi connectivity index (χ3n) is 2.88. The molecule has 0 bridgehead atoms. The summed E-state index contributed by atoms with van der Waals surface area (Å²) in [6, 6.07) is 7.28. The van der Waals surface area contributed by atoms with Crippen molar-refractivity contribution in [3.8, 4) is 11.3 Å². The summed E-state index contributed by atoms with van der Waals surface area (Å²) >= 11 is 0. The summed E-state index contributed by atoms with van der Waals surface area (Å²) in [5.41, 5.74) is 2.13. The number of halogens is 3. The van der Waals surface area contributed by atoms with Crippen LogP contribution in [0.3, 0.4) is 0 Å². The zero-order valence-corrected chi connectivity index (χ0v) is 10.5. The van der Waals surface area contributed by atoms with Crippen molar-refractivity contribution in [2.45, 2.75) is 13.1 Å². The zero-order valence-electron chi connectivity index (χ0n) is 10.5. The van der Waals surface area contributed by atoms with E-state index in [0.717, 1.165) is 17.8 Å². The quantitative estimate of drug-likeness (QED) is 0.884. The summed E-state index contributed by atoms with van der Waals surface area (Å²) in [5.74, 6) is 0. The van der Waals surface area contributed by atoms with Gasteiger partial charge in [0.15, 0.2) is 0 Å². The van der Waals surface area contributed by atoms with Gasteiger partial charge >= 0.3 is 6.18 Å². The van der Waals surface area contributed by atoms with Gasteiger partial charge in [-0.3, -0.25) is 4.98 Å². The van der Waals surface area contributed by atoms with Crippen LogP contribution < -0.4 is 5.32 Å². The van der Waals surface area contributed by atoms with Crippen molar-refractivity contribution >= 4 is 5.69 Å². The van der Waals surface area contributed by atoms with Gasteiger partial charge in [0.1, 0.15) is 0 Å². The van der Waals surface area contributed by atoms with E-state index in [1.165, 1.54) is 6.07 Å². The maximum Gasteiger partial charge on any atom is 0.416 e. The molecular weight excluding hydrogens is 253 g/mol. The maximum absolute atomic E-state index is 12.6. The molecule has 0 atom stereocenters. The van der Waals surface area contributed by atoms with Crippen LogP contribution in [0.25, 0.3) is 11.3 Å². The molecule has 0 saturated heterocycles. The average Bonchev–Trinajstić information content (AvgIpc) is 2.37. The minimum Gasteiger partial charge on any atom is -0.388 e. The van der Waals surface area contributed by atoms with Gasteiger partial charge in [-0.15, -0.1) is 0 Å². The Kier molecular flexibility index (Phi) is 3.46. The second-order valence-corrected chi connectivity index (χ2v) is 4.21. The third kappa shape index (κ3) is 2.86. The van der Waals surface area contributed by atoms with Crippen molar-refractivity contribution in [3.63, 3.8) is 0 Å². The van der Waals surface area contributed by atoms with Crippen molar-refractivity contribution in [1.82, 2.24) is 4.98 Å². The first-order chi connectivity index (χ1) is 8.91. The predicted octanol–water partition coefficient (Wildman–Crippen LogP) is 4.12. The Labute approximate surface area is 109 Å². The highest BCUT2D eigenvalue weighted by atomic mass is 19.4. The molecule has 0 saturated carbocycles. The van der Waals surface area contributed by atoms with E-state index in [9.17, 15) is 13.2 Å². The maximum atomic E-state index is 12.6. The summed E-state index contributed by atoms with van der Waals surface area (Å²) in [4.78, 5) is 4.19. The first kappa shape index (κ1) is 13.4. The number of alkyl halides is 3. The molecule has 5 heteroatoms. The Morgan fingerprint density at radius 1 is 1.11 bits per heavy atom. The molecule has 0 amide bonds. The second-order valence-electron chi connectivity index (χ2n) is 4.21. The Morgan fingerprint density at radius 2 is 1.84 bits per heavy atom. The van der Waals surface area contributed by atoms with Crippen LogP contribution >= 0.6 is 0 Å². The standard InChI is InChI=1S/C14H13F3N2/c1-9-7-10(14(15,16)17)3-4-12(9)13-8-11(18-2)5-6-19-13/h3-8H,1-2H3,(H,18,19). The summed E-state index contributed by atoms with van der Waals surface area (Å²) in [6.07, 6.45) is -2.69. The minimum absolute atomic E-state index is 0.551. The zero-order chi connectivity index (χ0) is 14.0. The summed E-state index contributed by atoms with van der Waals surface area (Å²) < 4.78 is 37.8. The minimum atomic E-state index is -4.32. The van der Waals surface area contributed by atoms with E-state index in [2.05, 4.69) is 10.3 Å². The van der Waals surface area contributed by atoms with E-state index in [1.807, 2.05) is 0 Å². The molecule has 0 spiro atoms. The number of aromatic nitrogens is 1. The van der Waals surface area contributed by atoms with Crippen LogP contribution in [-0.4, -0.2) is 12.0 Å². The van der Waals surface area contributed by atoms with Crippen molar-refractivity contribution in [2.75, 3.05) is 12.4 Å². The second kappa shape index (κ2) is 4.91. The molecule has 2 aromatic rings. The van der Waals surface area contributed by atoms with Gasteiger partial charge in [-0.05, 0) is 36.8 Å². The highest BCUT2D eigenvalue weighted by Crippen LogP contribution is 2.32. The number of hydrogen-bond donors (Lipinski definition) is 1. The fourth-order valence-electron chi connectivity index (χ4n) is 1.86. The van der Waals surface area contributed by atoms with Crippen LogP contribution in [0.1, 0.15) is 11.1 Å². The lowest BCUT2D eigenvalue weighted by atomic mass is 10.0. The van der Waals surface area contributed by atoms with Gasteiger partial charge in [-0.2, -0.15) is 13.2 Å². The smallest absolute Gasteiger partial charge is 0.388 e. The van der Waals surface area contributed by atoms with Gasteiger partial charge < -0.3 is 5.32 Å². The number of pyridine rings is 1. The normalized spacial score (nSPS) is 11.4. The van der Waals surface area contributed by atoms with Crippen LogP contribution in [0.2, 0.25) is 0 Å². The highest BCUT2D eigenvalue weighted by molar-refractivity contribution is 5.67. The van der Waals surface area contributed by atoms with E-state index in [0.29, 0.717) is 16.8 Å². The topological polar surface area (TPSA) is 24.9 Å². The largest absolute Gasteiger partial charge is 0.416 e. The molecule has 0 unspecified atom stereocenters. The Morgan fingerprint density at radius 3 is 2.42 bits per heavy atom. The van der Waals surface area contributed by atoms with E-state index in [4.69, 9.17) is 0 Å². The Balaban J connectivity index is 2.46. The number of nitrogens with zero attached hydrogens (tertiary/aromatic N) is 1. The SMILES string of the molecule is CNc1ccnc(-c2ccc(C(F)(F)F)cc2C)c1. The molecule has 1 aromatic carbocycles. The molecule has 19 heavy (non-hydrogen) atoms. The fraction of sp³-hybridized carbons (Fsp3) is 0.214. The van der Waals surface area contributed by atoms with Crippen molar-refractivity contribution < 1.29 is 13.2 Å². The molecule has 100 valence electrons. The molecule has 2 rings (SSSR count). The summed E-state index contributed by atoms with van der Waals surface area (Å²) in [6.45, 7) is 1.65. The third-order valence-corrected chi connectivity index (χ3v) is 2.88. The van der Waals surface area contributed by atoms with Gasteiger partial charge in [0.2, 0.25) is 0 Å². The predicted molar refractivity (Wildman–Crippen MR) is 69.0 cm³/mol. The first-order valence-electron chi connectivity index (χ1n) is 5.74. The van der Waals surface area contributed by atoms with Crippen LogP contribution in [0.5, 0.6) is 0 Å². The van der Waals surface area contributed by atoms with Gasteiger partial charge in [0, 0.05) is 24.5 Å². The molecule has 0 aliphatic carbocycles. The van der Waals surface area contributed by atoms with Crippen LogP contribution in [0.15, 0.2) is 36.5 Å². The lowest BCUT2D eigenvalue weighted by Gasteiger charge is -2.11. The van der Waals surface area contributed by atoms with Gasteiger partial charge in [0.25, 0.3) is 0 Å². The molecule has 0 fully saturated rings. The molecular formula is C14H13F3N2. The molecule has 1 N–H and O–H groups in total. The number of hydrogen-bond acceptors (Lipinski definition) is 2. The Bertz CT molecular complexity index is 591. The van der Waals surface area contributed by atoms with Crippen molar-refractivity contribution in [1.29, 1.82) is 0 Å². The molecule has 0 aliphatic rings. The monoisotopic (exact) mass is 266 g/mol. The molecule has 1 aromatic heterocycles. The van der Waals surface area contributed by atoms with Gasteiger partial charge in [0.05, 0.1) is 11.3 Å². The molecule has 1 heterocycles. The van der Waals surface area contributed by atoms with Crippen LogP contribution in [0.4, 0.5) is 18.9 Å². The van der Waals surface area contributed by atoms with Crippen LogP contribution in [-0.2, 0) is 6.18 Å². The highest BCUT2D eigenvalue weighted by Gasteiger charge is 2.30. The summed E-state index contributed by atoms with van der Waals surface area (Å²) in [5, 5.41) is 2.97. The molecule has 0 aliphatic heterocycles. The van der Waals surface area contributed by atoms with Crippen molar-refractivity contribution in [3.05, 3.63) is 47.7 Å². The number of rotatable bonds is 2. The lowest BCUT2D eigenvalue weighted by molar-refractivity contribution is -0.137. The average molecular weight is 266 g/mol. The number of aryl methyl sites for hydroxylation is 1. The molecule has 2 nitrogen and oxygen atoms in total. The van der Waals surface area contributed by atoms with Gasteiger partial charge in [-0.1, -0.05) is 6.07 Å². The molecule has 0 radical (unpaired) electrons. The van der Waals surface area contributed by atoms with E-state index in [1.54, 1.807) is 32.3 Å². The fourth-order valence-corrected chi connectivity index (χ4v) is 1.86. The first-order valence-corrected chi connectivity index (χ1v) is 5.74. The van der Waals surface area contributed by atoms with E-state index >= 15 is 0 Å². The van der Waals surface area contributed by atoms with Crippen LogP contribution in [0, 0.1) is 6.92 Å². The van der Waals surface area contributed by atoms with E-state index < -0.39 is 11.7 Å². The van der Waals surface area contributed by atoms with E-state index in [-0.39, 0.29) is 0 Å². The van der Waals surface area contributed by atoms with Crippen molar-refractivity contribution in [2.24, 2.45) is 0 Å². The number of benzene rings is 1. The number of nitrogens with one attached hydrogen (secondary N) is 1. The van der Waals surface area contributed by atoms with Gasteiger partial charge in [-0.25, -0.2) is 0 Å². The lowest BCUT2D eigenvalue weighted by Crippen LogP contribution is -2.05. The summed E-state index contributed by atoms with van der Waals surface area (Å²) in [7, 11) is 1.78.